The van der Waals surface area contributed by atoms with E-state index in [1.54, 1.807) is 30.3 Å². The van der Waals surface area contributed by atoms with E-state index in [9.17, 15) is 22.8 Å². The summed E-state index contributed by atoms with van der Waals surface area (Å²) in [7, 11) is 0. The Kier molecular flexibility index (Phi) is 5.80. The van der Waals surface area contributed by atoms with Crippen molar-refractivity contribution in [3.63, 3.8) is 0 Å². The predicted molar refractivity (Wildman–Crippen MR) is 86.7 cm³/mol. The molecule has 2 aromatic rings. The Morgan fingerprint density at radius 3 is 2.36 bits per heavy atom. The Bertz CT molecular complexity index is 745. The van der Waals surface area contributed by atoms with Crippen LogP contribution in [0.1, 0.15) is 28.4 Å². The van der Waals surface area contributed by atoms with Crippen LogP contribution in [0.2, 0.25) is 0 Å². The van der Waals surface area contributed by atoms with Crippen molar-refractivity contribution in [2.75, 3.05) is 0 Å². The molecule has 1 unspecified atom stereocenters. The summed E-state index contributed by atoms with van der Waals surface area (Å²) in [5.74, 6) is -0.885. The van der Waals surface area contributed by atoms with Gasteiger partial charge in [-0.05, 0) is 36.8 Å². The van der Waals surface area contributed by atoms with Crippen molar-refractivity contribution in [2.45, 2.75) is 25.7 Å². The fourth-order valence-electron chi connectivity index (χ4n) is 2.13. The summed E-state index contributed by atoms with van der Waals surface area (Å²) in [4.78, 5) is 24.0. The zero-order chi connectivity index (χ0) is 18.4. The minimum absolute atomic E-state index is 0.0612. The van der Waals surface area contributed by atoms with Gasteiger partial charge in [0.1, 0.15) is 6.04 Å². The first-order valence-corrected chi connectivity index (χ1v) is 7.57. The Hall–Kier alpha value is -2.83. The third-order valence-electron chi connectivity index (χ3n) is 3.50. The van der Waals surface area contributed by atoms with Crippen LogP contribution < -0.4 is 10.6 Å². The molecule has 0 heterocycles. The minimum atomic E-state index is -4.43. The smallest absolute Gasteiger partial charge is 0.350 e. The second-order valence-electron chi connectivity index (χ2n) is 5.48. The highest BCUT2D eigenvalue weighted by Crippen LogP contribution is 2.29. The van der Waals surface area contributed by atoms with Crippen LogP contribution in [0.5, 0.6) is 0 Å². The van der Waals surface area contributed by atoms with Gasteiger partial charge in [0.05, 0.1) is 5.56 Å². The molecule has 0 saturated carbocycles. The van der Waals surface area contributed by atoms with E-state index in [2.05, 4.69) is 10.6 Å². The van der Waals surface area contributed by atoms with Crippen LogP contribution >= 0.6 is 0 Å². The monoisotopic (exact) mass is 350 g/mol. The minimum Gasteiger partial charge on any atom is -0.350 e. The van der Waals surface area contributed by atoms with Gasteiger partial charge in [-0.25, -0.2) is 0 Å². The molecule has 0 aromatic heterocycles. The van der Waals surface area contributed by atoms with Crippen LogP contribution in [-0.4, -0.2) is 17.9 Å². The summed E-state index contributed by atoms with van der Waals surface area (Å²) in [6, 6.07) is 12.3. The fourth-order valence-corrected chi connectivity index (χ4v) is 2.13. The lowest BCUT2D eigenvalue weighted by atomic mass is 10.1. The molecule has 0 spiro atoms. The third-order valence-corrected chi connectivity index (χ3v) is 3.50. The molecule has 0 aliphatic rings. The number of alkyl halides is 3. The van der Waals surface area contributed by atoms with E-state index in [1.165, 1.54) is 19.1 Å². The molecule has 0 aliphatic heterocycles. The molecule has 0 saturated heterocycles. The number of halogens is 3. The van der Waals surface area contributed by atoms with Gasteiger partial charge in [-0.15, -0.1) is 0 Å². The average Bonchev–Trinajstić information content (AvgIpc) is 2.59. The predicted octanol–water partition coefficient (Wildman–Crippen LogP) is 3.14. The lowest BCUT2D eigenvalue weighted by Crippen LogP contribution is -2.44. The van der Waals surface area contributed by atoms with Gasteiger partial charge in [0.2, 0.25) is 5.91 Å². The number of nitrogens with one attached hydrogen (secondary N) is 2. The first-order valence-electron chi connectivity index (χ1n) is 7.57. The Morgan fingerprint density at radius 2 is 1.72 bits per heavy atom. The summed E-state index contributed by atoms with van der Waals surface area (Å²) in [6.07, 6.45) is -4.43. The number of carbonyl (C=O) groups is 2. The number of hydrogen-bond acceptors (Lipinski definition) is 2. The summed E-state index contributed by atoms with van der Waals surface area (Å²) in [5, 5.41) is 5.05. The van der Waals surface area contributed by atoms with Crippen LogP contribution in [0.3, 0.4) is 0 Å². The maximum atomic E-state index is 12.7. The van der Waals surface area contributed by atoms with Crippen molar-refractivity contribution in [3.8, 4) is 0 Å². The van der Waals surface area contributed by atoms with Crippen LogP contribution in [0.25, 0.3) is 0 Å². The van der Waals surface area contributed by atoms with Gasteiger partial charge in [-0.2, -0.15) is 13.2 Å². The number of rotatable bonds is 5. The lowest BCUT2D eigenvalue weighted by molar-refractivity contribution is -0.137. The van der Waals surface area contributed by atoms with E-state index in [0.717, 1.165) is 12.1 Å². The van der Waals surface area contributed by atoms with Crippen LogP contribution in [0, 0.1) is 0 Å². The van der Waals surface area contributed by atoms with Gasteiger partial charge in [-0.3, -0.25) is 9.59 Å². The molecular weight excluding hydrogens is 333 g/mol. The second-order valence-corrected chi connectivity index (χ2v) is 5.48. The molecule has 132 valence electrons. The van der Waals surface area contributed by atoms with E-state index in [1.807, 2.05) is 0 Å². The Morgan fingerprint density at radius 1 is 1.04 bits per heavy atom. The highest BCUT2D eigenvalue weighted by atomic mass is 19.4. The van der Waals surface area contributed by atoms with E-state index in [4.69, 9.17) is 0 Å². The third kappa shape index (κ3) is 5.34. The molecule has 0 radical (unpaired) electrons. The normalized spacial score (nSPS) is 12.3. The van der Waals surface area contributed by atoms with Gasteiger partial charge in [0, 0.05) is 12.1 Å². The Balaban J connectivity index is 1.90. The molecule has 7 heteroatoms. The standard InChI is InChI=1S/C18H17F3N2O2/c1-12(23-17(25)14-7-3-2-4-8-14)16(24)22-11-13-6-5-9-15(10-13)18(19,20)21/h2-10,12H,11H2,1H3,(H,22,24)(H,23,25). The van der Waals surface area contributed by atoms with Crippen molar-refractivity contribution in [3.05, 3.63) is 71.3 Å². The number of hydrogen-bond donors (Lipinski definition) is 2. The van der Waals surface area contributed by atoms with Crippen molar-refractivity contribution in [1.82, 2.24) is 10.6 Å². The summed E-state index contributed by atoms with van der Waals surface area (Å²) >= 11 is 0. The Labute approximate surface area is 143 Å². The van der Waals surface area contributed by atoms with Crippen molar-refractivity contribution >= 4 is 11.8 Å². The molecule has 2 amide bonds. The topological polar surface area (TPSA) is 58.2 Å². The van der Waals surface area contributed by atoms with E-state index in [0.29, 0.717) is 11.1 Å². The zero-order valence-electron chi connectivity index (χ0n) is 13.4. The summed E-state index contributed by atoms with van der Waals surface area (Å²) in [6.45, 7) is 1.44. The van der Waals surface area contributed by atoms with Gasteiger partial charge in [0.25, 0.3) is 5.91 Å². The van der Waals surface area contributed by atoms with Gasteiger partial charge >= 0.3 is 6.18 Å². The molecule has 0 bridgehead atoms. The number of carbonyl (C=O) groups excluding carboxylic acids is 2. The highest BCUT2D eigenvalue weighted by Gasteiger charge is 2.30. The maximum Gasteiger partial charge on any atom is 0.416 e. The van der Waals surface area contributed by atoms with E-state index in [-0.39, 0.29) is 6.54 Å². The molecule has 1 atom stereocenters. The van der Waals surface area contributed by atoms with Gasteiger partial charge in [-0.1, -0.05) is 30.3 Å². The van der Waals surface area contributed by atoms with Gasteiger partial charge < -0.3 is 10.6 Å². The SMILES string of the molecule is CC(NC(=O)c1ccccc1)C(=O)NCc1cccc(C(F)(F)F)c1. The fraction of sp³-hybridized carbons (Fsp3) is 0.222. The summed E-state index contributed by atoms with van der Waals surface area (Å²) < 4.78 is 38.0. The molecule has 0 aliphatic carbocycles. The molecule has 2 aromatic carbocycles. The second kappa shape index (κ2) is 7.83. The van der Waals surface area contributed by atoms with E-state index < -0.39 is 29.6 Å². The van der Waals surface area contributed by atoms with Crippen LogP contribution in [0.4, 0.5) is 13.2 Å². The molecule has 2 rings (SSSR count). The van der Waals surface area contributed by atoms with Crippen molar-refractivity contribution < 1.29 is 22.8 Å². The van der Waals surface area contributed by atoms with Crippen molar-refractivity contribution in [1.29, 1.82) is 0 Å². The number of benzene rings is 2. The molecular formula is C18H17F3N2O2. The average molecular weight is 350 g/mol. The van der Waals surface area contributed by atoms with Crippen LogP contribution in [0.15, 0.2) is 54.6 Å². The van der Waals surface area contributed by atoms with E-state index >= 15 is 0 Å². The quantitative estimate of drug-likeness (QED) is 0.870. The molecule has 4 nitrogen and oxygen atoms in total. The molecule has 2 N–H and O–H groups in total. The molecule has 0 fully saturated rings. The van der Waals surface area contributed by atoms with Crippen molar-refractivity contribution in [2.24, 2.45) is 0 Å². The van der Waals surface area contributed by atoms with Crippen LogP contribution in [-0.2, 0) is 17.5 Å². The zero-order valence-corrected chi connectivity index (χ0v) is 13.4. The maximum absolute atomic E-state index is 12.7. The first kappa shape index (κ1) is 18.5. The number of amides is 2. The first-order chi connectivity index (χ1) is 11.8. The van der Waals surface area contributed by atoms with Gasteiger partial charge in [0.15, 0.2) is 0 Å². The largest absolute Gasteiger partial charge is 0.416 e. The summed E-state index contributed by atoms with van der Waals surface area (Å²) in [5.41, 5.74) is -0.0329. The highest BCUT2D eigenvalue weighted by molar-refractivity contribution is 5.97. The lowest BCUT2D eigenvalue weighted by Gasteiger charge is -2.15. The molecule has 25 heavy (non-hydrogen) atoms.